The summed E-state index contributed by atoms with van der Waals surface area (Å²) in [5, 5.41) is 11.1. The SMILES string of the molecule is COC(=O)C(CNC(=O)[C@H](N)CC(=O)O)Cc1ccccc1. The first kappa shape index (κ1) is 17.6. The molecule has 1 amide bonds. The van der Waals surface area contributed by atoms with E-state index < -0.39 is 36.2 Å². The minimum absolute atomic E-state index is 0.0354. The predicted octanol–water partition coefficient (Wildman–Crippen LogP) is -0.0635. The lowest BCUT2D eigenvalue weighted by Gasteiger charge is -2.17. The molecule has 0 saturated carbocycles. The summed E-state index contributed by atoms with van der Waals surface area (Å²) >= 11 is 0. The van der Waals surface area contributed by atoms with E-state index in [0.717, 1.165) is 5.56 Å². The lowest BCUT2D eigenvalue weighted by molar-refractivity contribution is -0.145. The van der Waals surface area contributed by atoms with Crippen molar-refractivity contribution < 1.29 is 24.2 Å². The third kappa shape index (κ3) is 5.92. The molecule has 22 heavy (non-hydrogen) atoms. The van der Waals surface area contributed by atoms with Crippen LogP contribution in [0.15, 0.2) is 30.3 Å². The maximum Gasteiger partial charge on any atom is 0.310 e. The van der Waals surface area contributed by atoms with Gasteiger partial charge in [0.05, 0.1) is 25.5 Å². The molecular weight excluding hydrogens is 288 g/mol. The highest BCUT2D eigenvalue weighted by molar-refractivity contribution is 5.86. The number of carboxylic acids is 1. The first-order valence-electron chi connectivity index (χ1n) is 6.81. The molecule has 0 radical (unpaired) electrons. The average Bonchev–Trinajstić information content (AvgIpc) is 2.50. The van der Waals surface area contributed by atoms with Crippen LogP contribution in [0, 0.1) is 5.92 Å². The number of amides is 1. The first-order chi connectivity index (χ1) is 10.4. The van der Waals surface area contributed by atoms with Gasteiger partial charge in [0.2, 0.25) is 5.91 Å². The average molecular weight is 308 g/mol. The quantitative estimate of drug-likeness (QED) is 0.579. The lowest BCUT2D eigenvalue weighted by atomic mass is 9.99. The number of hydrogen-bond acceptors (Lipinski definition) is 5. The van der Waals surface area contributed by atoms with E-state index in [-0.39, 0.29) is 6.54 Å². The van der Waals surface area contributed by atoms with Gasteiger partial charge in [0, 0.05) is 6.54 Å². The fourth-order valence-corrected chi connectivity index (χ4v) is 1.94. The molecule has 4 N–H and O–H groups in total. The number of ether oxygens (including phenoxy) is 1. The Labute approximate surface area is 128 Å². The third-order valence-electron chi connectivity index (χ3n) is 3.11. The fourth-order valence-electron chi connectivity index (χ4n) is 1.94. The zero-order valence-electron chi connectivity index (χ0n) is 12.3. The number of carbonyl (C=O) groups is 3. The Hall–Kier alpha value is -2.41. The van der Waals surface area contributed by atoms with Gasteiger partial charge in [-0.05, 0) is 12.0 Å². The summed E-state index contributed by atoms with van der Waals surface area (Å²) in [5.74, 6) is -2.77. The molecule has 7 heteroatoms. The zero-order chi connectivity index (χ0) is 16.5. The molecular formula is C15H20N2O5. The Morgan fingerprint density at radius 2 is 1.91 bits per heavy atom. The van der Waals surface area contributed by atoms with E-state index in [1.807, 2.05) is 30.3 Å². The largest absolute Gasteiger partial charge is 0.481 e. The third-order valence-corrected chi connectivity index (χ3v) is 3.11. The number of carbonyl (C=O) groups excluding carboxylic acids is 2. The number of nitrogens with one attached hydrogen (secondary N) is 1. The standard InChI is InChI=1S/C15H20N2O5/c1-22-15(21)11(7-10-5-3-2-4-6-10)9-17-14(20)12(16)8-13(18)19/h2-6,11-12H,7-9,16H2,1H3,(H,17,20)(H,18,19)/t11?,12-/m1/s1. The van der Waals surface area contributed by atoms with Crippen LogP contribution in [0.4, 0.5) is 0 Å². The molecule has 0 fully saturated rings. The van der Waals surface area contributed by atoms with Crippen LogP contribution in [0.5, 0.6) is 0 Å². The number of carboxylic acid groups (broad SMARTS) is 1. The number of aliphatic carboxylic acids is 1. The van der Waals surface area contributed by atoms with Gasteiger partial charge in [-0.2, -0.15) is 0 Å². The summed E-state index contributed by atoms with van der Waals surface area (Å²) in [6, 6.07) is 8.16. The molecule has 1 aromatic rings. The van der Waals surface area contributed by atoms with Gasteiger partial charge in [-0.25, -0.2) is 0 Å². The molecule has 0 spiro atoms. The second-order valence-electron chi connectivity index (χ2n) is 4.86. The van der Waals surface area contributed by atoms with Crippen molar-refractivity contribution in [2.45, 2.75) is 18.9 Å². The van der Waals surface area contributed by atoms with Crippen LogP contribution in [0.2, 0.25) is 0 Å². The highest BCUT2D eigenvalue weighted by atomic mass is 16.5. The topological polar surface area (TPSA) is 119 Å². The van der Waals surface area contributed by atoms with Crippen molar-refractivity contribution in [3.05, 3.63) is 35.9 Å². The van der Waals surface area contributed by atoms with Gasteiger partial charge in [-0.3, -0.25) is 14.4 Å². The first-order valence-corrected chi connectivity index (χ1v) is 6.81. The molecule has 0 aliphatic rings. The van der Waals surface area contributed by atoms with E-state index in [1.165, 1.54) is 7.11 Å². The van der Waals surface area contributed by atoms with Gasteiger partial charge >= 0.3 is 11.9 Å². The van der Waals surface area contributed by atoms with Gasteiger partial charge in [0.25, 0.3) is 0 Å². The Bertz CT molecular complexity index is 518. The predicted molar refractivity (Wildman–Crippen MR) is 78.9 cm³/mol. The minimum Gasteiger partial charge on any atom is -0.481 e. The Morgan fingerprint density at radius 1 is 1.27 bits per heavy atom. The highest BCUT2D eigenvalue weighted by Crippen LogP contribution is 2.10. The smallest absolute Gasteiger partial charge is 0.310 e. The van der Waals surface area contributed by atoms with Gasteiger partial charge < -0.3 is 20.9 Å². The second-order valence-corrected chi connectivity index (χ2v) is 4.86. The van der Waals surface area contributed by atoms with Crippen molar-refractivity contribution >= 4 is 17.8 Å². The van der Waals surface area contributed by atoms with Crippen LogP contribution in [0.3, 0.4) is 0 Å². The molecule has 0 heterocycles. The monoisotopic (exact) mass is 308 g/mol. The van der Waals surface area contributed by atoms with Crippen LogP contribution >= 0.6 is 0 Å². The van der Waals surface area contributed by atoms with E-state index in [2.05, 4.69) is 5.32 Å². The molecule has 0 saturated heterocycles. The van der Waals surface area contributed by atoms with E-state index in [9.17, 15) is 14.4 Å². The Morgan fingerprint density at radius 3 is 2.45 bits per heavy atom. The minimum atomic E-state index is -1.16. The molecule has 7 nitrogen and oxygen atoms in total. The Balaban J connectivity index is 2.60. The number of hydrogen-bond donors (Lipinski definition) is 3. The van der Waals surface area contributed by atoms with Crippen LogP contribution in [0.1, 0.15) is 12.0 Å². The molecule has 1 unspecified atom stereocenters. The summed E-state index contributed by atoms with van der Waals surface area (Å²) in [7, 11) is 1.28. The van der Waals surface area contributed by atoms with E-state index >= 15 is 0 Å². The highest BCUT2D eigenvalue weighted by Gasteiger charge is 2.23. The molecule has 0 aromatic heterocycles. The van der Waals surface area contributed by atoms with Crippen LogP contribution in [-0.2, 0) is 25.5 Å². The molecule has 2 atom stereocenters. The maximum absolute atomic E-state index is 11.8. The summed E-state index contributed by atoms with van der Waals surface area (Å²) in [5.41, 5.74) is 6.39. The van der Waals surface area contributed by atoms with Crippen molar-refractivity contribution in [1.82, 2.24) is 5.32 Å². The summed E-state index contributed by atoms with van der Waals surface area (Å²) in [6.07, 6.45) is -0.0601. The fraction of sp³-hybridized carbons (Fsp3) is 0.400. The Kier molecular flexibility index (Phi) is 7.04. The van der Waals surface area contributed by atoms with Crippen LogP contribution in [0.25, 0.3) is 0 Å². The number of nitrogens with two attached hydrogens (primary N) is 1. The van der Waals surface area contributed by atoms with Crippen LogP contribution in [-0.4, -0.2) is 42.6 Å². The van der Waals surface area contributed by atoms with Crippen molar-refractivity contribution in [3.8, 4) is 0 Å². The van der Waals surface area contributed by atoms with Gasteiger partial charge in [0.15, 0.2) is 0 Å². The van der Waals surface area contributed by atoms with E-state index in [1.54, 1.807) is 0 Å². The summed E-state index contributed by atoms with van der Waals surface area (Å²) < 4.78 is 4.73. The maximum atomic E-state index is 11.8. The lowest BCUT2D eigenvalue weighted by Crippen LogP contribution is -2.44. The number of rotatable bonds is 8. The van der Waals surface area contributed by atoms with Crippen molar-refractivity contribution in [1.29, 1.82) is 0 Å². The van der Waals surface area contributed by atoms with Gasteiger partial charge in [-0.1, -0.05) is 30.3 Å². The second kappa shape index (κ2) is 8.78. The summed E-state index contributed by atoms with van der Waals surface area (Å²) in [6.45, 7) is 0.0354. The van der Waals surface area contributed by atoms with Gasteiger partial charge in [-0.15, -0.1) is 0 Å². The van der Waals surface area contributed by atoms with E-state index in [4.69, 9.17) is 15.6 Å². The number of esters is 1. The van der Waals surface area contributed by atoms with Crippen molar-refractivity contribution in [2.24, 2.45) is 11.7 Å². The zero-order valence-corrected chi connectivity index (χ0v) is 12.3. The summed E-state index contributed by atoms with van der Waals surface area (Å²) in [4.78, 5) is 34.0. The number of benzene rings is 1. The molecule has 1 aromatic carbocycles. The molecule has 120 valence electrons. The van der Waals surface area contributed by atoms with Crippen LogP contribution < -0.4 is 11.1 Å². The molecule has 0 aliphatic heterocycles. The molecule has 0 aliphatic carbocycles. The van der Waals surface area contributed by atoms with Gasteiger partial charge in [0.1, 0.15) is 0 Å². The number of methoxy groups -OCH3 is 1. The van der Waals surface area contributed by atoms with Crippen molar-refractivity contribution in [3.63, 3.8) is 0 Å². The van der Waals surface area contributed by atoms with E-state index in [0.29, 0.717) is 6.42 Å². The molecule has 1 rings (SSSR count). The normalized spacial score (nSPS) is 13.0. The molecule has 0 bridgehead atoms. The van der Waals surface area contributed by atoms with Crippen molar-refractivity contribution in [2.75, 3.05) is 13.7 Å².